The molecular formula is C28H43N3O3. The predicted octanol–water partition coefficient (Wildman–Crippen LogP) is 7.22. The SMILES string of the molecule is CCCCCCCCCCc1ccc(-c2noc(C[C@@H]3CCN(C(=O)OC(C)(C)C)C3)n2)cc1. The van der Waals surface area contributed by atoms with Gasteiger partial charge in [-0.15, -0.1) is 0 Å². The fraction of sp³-hybridized carbons (Fsp3) is 0.679. The summed E-state index contributed by atoms with van der Waals surface area (Å²) >= 11 is 0. The lowest BCUT2D eigenvalue weighted by Crippen LogP contribution is -2.35. The number of carbonyl (C=O) groups is 1. The monoisotopic (exact) mass is 469 g/mol. The van der Waals surface area contributed by atoms with E-state index in [1.165, 1.54) is 56.9 Å². The number of aryl methyl sites for hydroxylation is 1. The largest absolute Gasteiger partial charge is 0.444 e. The van der Waals surface area contributed by atoms with Crippen LogP contribution in [0.15, 0.2) is 28.8 Å². The van der Waals surface area contributed by atoms with Crippen LogP contribution in [0.1, 0.15) is 96.9 Å². The van der Waals surface area contributed by atoms with Crippen LogP contribution in [0, 0.1) is 5.92 Å². The average Bonchev–Trinajstić information content (AvgIpc) is 3.45. The lowest BCUT2D eigenvalue weighted by Gasteiger charge is -2.24. The molecule has 0 unspecified atom stereocenters. The van der Waals surface area contributed by atoms with Crippen LogP contribution in [0.4, 0.5) is 4.79 Å². The molecule has 1 aromatic carbocycles. The fourth-order valence-electron chi connectivity index (χ4n) is 4.48. The Morgan fingerprint density at radius 1 is 1.06 bits per heavy atom. The highest BCUT2D eigenvalue weighted by Gasteiger charge is 2.30. The van der Waals surface area contributed by atoms with Crippen molar-refractivity contribution in [3.63, 3.8) is 0 Å². The Morgan fingerprint density at radius 3 is 2.41 bits per heavy atom. The zero-order chi connectivity index (χ0) is 24.4. The number of hydrogen-bond donors (Lipinski definition) is 0. The Labute approximate surface area is 205 Å². The molecule has 1 atom stereocenters. The van der Waals surface area contributed by atoms with Gasteiger partial charge >= 0.3 is 6.09 Å². The van der Waals surface area contributed by atoms with Gasteiger partial charge in [0.1, 0.15) is 5.60 Å². The minimum Gasteiger partial charge on any atom is -0.444 e. The van der Waals surface area contributed by atoms with Crippen LogP contribution in [0.25, 0.3) is 11.4 Å². The first-order valence-electron chi connectivity index (χ1n) is 13.2. The van der Waals surface area contributed by atoms with E-state index < -0.39 is 5.60 Å². The molecule has 0 bridgehead atoms. The number of likely N-dealkylation sites (tertiary alicyclic amines) is 1. The molecule has 6 heteroatoms. The van der Waals surface area contributed by atoms with E-state index in [-0.39, 0.29) is 6.09 Å². The van der Waals surface area contributed by atoms with E-state index in [9.17, 15) is 4.79 Å². The second-order valence-corrected chi connectivity index (χ2v) is 10.7. The average molecular weight is 470 g/mol. The molecule has 0 N–H and O–H groups in total. The molecule has 0 radical (unpaired) electrons. The molecule has 2 heterocycles. The summed E-state index contributed by atoms with van der Waals surface area (Å²) < 4.78 is 11.0. The molecule has 1 fully saturated rings. The van der Waals surface area contributed by atoms with Crippen molar-refractivity contribution < 1.29 is 14.1 Å². The topological polar surface area (TPSA) is 68.5 Å². The molecule has 0 aliphatic carbocycles. The highest BCUT2D eigenvalue weighted by Crippen LogP contribution is 2.24. The molecule has 1 aliphatic rings. The summed E-state index contributed by atoms with van der Waals surface area (Å²) in [4.78, 5) is 18.7. The van der Waals surface area contributed by atoms with Gasteiger partial charge < -0.3 is 14.2 Å². The molecule has 0 spiro atoms. The van der Waals surface area contributed by atoms with Crippen molar-refractivity contribution in [2.24, 2.45) is 5.92 Å². The lowest BCUT2D eigenvalue weighted by molar-refractivity contribution is 0.0287. The van der Waals surface area contributed by atoms with Gasteiger partial charge in [-0.05, 0) is 51.5 Å². The van der Waals surface area contributed by atoms with Gasteiger partial charge in [0.15, 0.2) is 0 Å². The van der Waals surface area contributed by atoms with Gasteiger partial charge in [-0.1, -0.05) is 81.3 Å². The summed E-state index contributed by atoms with van der Waals surface area (Å²) in [5.74, 6) is 1.58. The minimum atomic E-state index is -0.472. The molecule has 1 amide bonds. The molecule has 2 aromatic rings. The van der Waals surface area contributed by atoms with Crippen molar-refractivity contribution in [2.45, 2.75) is 104 Å². The number of aromatic nitrogens is 2. The Balaban J connectivity index is 1.40. The molecule has 1 aromatic heterocycles. The highest BCUT2D eigenvalue weighted by molar-refractivity contribution is 5.68. The van der Waals surface area contributed by atoms with Crippen molar-refractivity contribution in [3.05, 3.63) is 35.7 Å². The quantitative estimate of drug-likeness (QED) is 0.307. The predicted molar refractivity (Wildman–Crippen MR) is 136 cm³/mol. The van der Waals surface area contributed by atoms with Crippen LogP contribution >= 0.6 is 0 Å². The molecular weight excluding hydrogens is 426 g/mol. The van der Waals surface area contributed by atoms with E-state index in [1.807, 2.05) is 20.8 Å². The zero-order valence-electron chi connectivity index (χ0n) is 21.6. The van der Waals surface area contributed by atoms with E-state index in [4.69, 9.17) is 9.26 Å². The van der Waals surface area contributed by atoms with Crippen LogP contribution in [0.5, 0.6) is 0 Å². The van der Waals surface area contributed by atoms with E-state index in [0.29, 0.717) is 37.1 Å². The van der Waals surface area contributed by atoms with E-state index in [0.717, 1.165) is 18.4 Å². The first-order valence-corrected chi connectivity index (χ1v) is 13.2. The molecule has 6 nitrogen and oxygen atoms in total. The summed E-state index contributed by atoms with van der Waals surface area (Å²) in [6.45, 7) is 9.31. The second kappa shape index (κ2) is 12.9. The van der Waals surface area contributed by atoms with Crippen LogP contribution < -0.4 is 0 Å². The first-order chi connectivity index (χ1) is 16.3. The number of benzene rings is 1. The highest BCUT2D eigenvalue weighted by atomic mass is 16.6. The first kappa shape index (κ1) is 26.2. The smallest absolute Gasteiger partial charge is 0.410 e. The van der Waals surface area contributed by atoms with Crippen LogP contribution in [0.3, 0.4) is 0 Å². The zero-order valence-corrected chi connectivity index (χ0v) is 21.6. The van der Waals surface area contributed by atoms with E-state index in [1.54, 1.807) is 4.90 Å². The molecule has 3 rings (SSSR count). The lowest BCUT2D eigenvalue weighted by atomic mass is 10.0. The standard InChI is InChI=1S/C28H43N3O3/c1-5-6-7-8-9-10-11-12-13-22-14-16-24(17-15-22)26-29-25(34-30-26)20-23-18-19-31(21-23)27(32)33-28(2,3)4/h14-17,23H,5-13,18-21H2,1-4H3/t23-/m0/s1. The van der Waals surface area contributed by atoms with Gasteiger partial charge in [-0.25, -0.2) is 4.79 Å². The van der Waals surface area contributed by atoms with E-state index in [2.05, 4.69) is 41.3 Å². The Morgan fingerprint density at radius 2 is 1.74 bits per heavy atom. The number of unbranched alkanes of at least 4 members (excludes halogenated alkanes) is 7. The molecule has 1 saturated heterocycles. The third-order valence-corrected chi connectivity index (χ3v) is 6.40. The summed E-state index contributed by atoms with van der Waals surface area (Å²) in [6.07, 6.45) is 13.2. The number of hydrogen-bond acceptors (Lipinski definition) is 5. The van der Waals surface area contributed by atoms with Crippen LogP contribution in [-0.2, 0) is 17.6 Å². The van der Waals surface area contributed by atoms with E-state index >= 15 is 0 Å². The van der Waals surface area contributed by atoms with Gasteiger partial charge in [0.05, 0.1) is 0 Å². The fourth-order valence-corrected chi connectivity index (χ4v) is 4.48. The van der Waals surface area contributed by atoms with Gasteiger partial charge in [-0.3, -0.25) is 0 Å². The maximum atomic E-state index is 12.3. The van der Waals surface area contributed by atoms with Crippen molar-refractivity contribution in [1.29, 1.82) is 0 Å². The molecule has 1 aliphatic heterocycles. The van der Waals surface area contributed by atoms with Gasteiger partial charge in [-0.2, -0.15) is 4.98 Å². The Hall–Kier alpha value is -2.37. The van der Waals surface area contributed by atoms with Crippen LogP contribution in [-0.4, -0.2) is 39.8 Å². The number of rotatable bonds is 12. The molecule has 188 valence electrons. The van der Waals surface area contributed by atoms with Crippen molar-refractivity contribution >= 4 is 6.09 Å². The third kappa shape index (κ3) is 8.77. The van der Waals surface area contributed by atoms with Gasteiger partial charge in [0, 0.05) is 25.1 Å². The van der Waals surface area contributed by atoms with Crippen molar-refractivity contribution in [2.75, 3.05) is 13.1 Å². The number of carbonyl (C=O) groups excluding carboxylic acids is 1. The normalized spacial score (nSPS) is 16.2. The number of ether oxygens (including phenoxy) is 1. The molecule has 34 heavy (non-hydrogen) atoms. The maximum Gasteiger partial charge on any atom is 0.410 e. The summed E-state index contributed by atoms with van der Waals surface area (Å²) in [6, 6.07) is 8.55. The second-order valence-electron chi connectivity index (χ2n) is 10.7. The molecule has 0 saturated carbocycles. The Bertz CT molecular complexity index is 870. The number of nitrogens with zero attached hydrogens (tertiary/aromatic N) is 3. The van der Waals surface area contributed by atoms with Crippen molar-refractivity contribution in [3.8, 4) is 11.4 Å². The minimum absolute atomic E-state index is 0.242. The number of amides is 1. The van der Waals surface area contributed by atoms with Gasteiger partial charge in [0.25, 0.3) is 0 Å². The third-order valence-electron chi connectivity index (χ3n) is 6.40. The van der Waals surface area contributed by atoms with Gasteiger partial charge in [0.2, 0.25) is 11.7 Å². The summed E-state index contributed by atoms with van der Waals surface area (Å²) in [5, 5.41) is 4.19. The maximum absolute atomic E-state index is 12.3. The summed E-state index contributed by atoms with van der Waals surface area (Å²) in [7, 11) is 0. The Kier molecular flexibility index (Phi) is 9.97. The van der Waals surface area contributed by atoms with Crippen LogP contribution in [0.2, 0.25) is 0 Å². The van der Waals surface area contributed by atoms with Crippen molar-refractivity contribution in [1.82, 2.24) is 15.0 Å². The summed E-state index contributed by atoms with van der Waals surface area (Å²) in [5.41, 5.74) is 1.88.